The minimum atomic E-state index is 0. The molecule has 0 heterocycles. The van der Waals surface area contributed by atoms with Crippen LogP contribution in [0.25, 0.3) is 0 Å². The summed E-state index contributed by atoms with van der Waals surface area (Å²) in [5.74, 6) is 0. The smallest absolute Gasteiger partial charge is 0 e. The molecule has 6 nitrogen and oxygen atoms in total. The Bertz CT molecular complexity index is 8.49. The van der Waals surface area contributed by atoms with Gasteiger partial charge in [0.1, 0.15) is 0 Å². The molecule has 0 saturated heterocycles. The summed E-state index contributed by atoms with van der Waals surface area (Å²) in [5, 5.41) is 0. The molecule has 0 spiro atoms. The largest absolute Gasteiger partial charge is 2.00 e. The molecule has 1 radical (unpaired) electrons. The van der Waals surface area contributed by atoms with Gasteiger partial charge < -0.3 is 27.4 Å². The standard InChI is InChI=1S/OSi.2H2O.3O.V/c1-2;;;;;;/h;2*1H2;;;;/q+2;;;3*-2;/p-1. The fourth-order valence-corrected chi connectivity index (χ4v) is 0. The maximum absolute atomic E-state index is 8.06. The fourth-order valence-electron chi connectivity index (χ4n) is 0. The van der Waals surface area contributed by atoms with Gasteiger partial charge in [0.05, 0.1) is 0 Å². The van der Waals surface area contributed by atoms with Crippen LogP contribution in [0.1, 0.15) is 0 Å². The second-order valence-corrected chi connectivity index (χ2v) is 0. The van der Waals surface area contributed by atoms with Crippen molar-refractivity contribution in [2.75, 3.05) is 0 Å². The first-order valence-corrected chi connectivity index (χ1v) is 0.612. The molecule has 0 aliphatic rings. The summed E-state index contributed by atoms with van der Waals surface area (Å²) < 4.78 is 8.06. The van der Waals surface area contributed by atoms with Crippen molar-refractivity contribution >= 4 is 10.1 Å². The van der Waals surface area contributed by atoms with E-state index in [1.54, 1.807) is 10.1 Å². The van der Waals surface area contributed by atoms with E-state index in [-0.39, 0.29) is 45.9 Å². The Labute approximate surface area is 61.2 Å². The van der Waals surface area contributed by atoms with E-state index >= 15 is 0 Å². The van der Waals surface area contributed by atoms with E-state index in [9.17, 15) is 0 Å². The number of hydrogen-bond acceptors (Lipinski definition) is 2. The summed E-state index contributed by atoms with van der Waals surface area (Å²) >= 11 is 0. The molecule has 53 valence electrons. The van der Waals surface area contributed by atoms with Gasteiger partial charge >= 0.3 is 14.6 Å². The molecule has 0 aliphatic heterocycles. The first kappa shape index (κ1) is 234. The van der Waals surface area contributed by atoms with Crippen molar-refractivity contribution in [1.29, 1.82) is 0 Å². The van der Waals surface area contributed by atoms with Crippen LogP contribution in [0.2, 0.25) is 0 Å². The molecular weight excluding hydrogens is 175 g/mol. The van der Waals surface area contributed by atoms with Gasteiger partial charge in [-0.25, -0.2) is 0 Å². The Morgan fingerprint density at radius 3 is 0.875 bits per heavy atom. The van der Waals surface area contributed by atoms with Crippen LogP contribution in [0, 0.1) is 0 Å². The summed E-state index contributed by atoms with van der Waals surface area (Å²) in [7, 11) is 1.72. The maximum atomic E-state index is 8.06. The molecule has 0 unspecified atom stereocenters. The molecule has 0 amide bonds. The summed E-state index contributed by atoms with van der Waals surface area (Å²) in [5.41, 5.74) is 0. The molecule has 8 heavy (non-hydrogen) atoms. The third-order valence-corrected chi connectivity index (χ3v) is 0. The molecule has 0 aromatic rings. The van der Waals surface area contributed by atoms with Crippen LogP contribution < -0.4 is 0 Å². The molecule has 8 heteroatoms. The van der Waals surface area contributed by atoms with Gasteiger partial charge in [0, 0.05) is 18.6 Å². The molecule has 0 saturated carbocycles. The third kappa shape index (κ3) is 1160. The molecule has 0 rings (SSSR count). The summed E-state index contributed by atoms with van der Waals surface area (Å²) in [6, 6.07) is 0. The van der Waals surface area contributed by atoms with E-state index in [0.717, 1.165) is 0 Å². The van der Waals surface area contributed by atoms with Gasteiger partial charge in [-0.15, -0.1) is 0 Å². The Hall–Kier alpha value is 0.401. The summed E-state index contributed by atoms with van der Waals surface area (Å²) in [4.78, 5) is 0. The van der Waals surface area contributed by atoms with Crippen molar-refractivity contribution in [3.05, 3.63) is 0 Å². The summed E-state index contributed by atoms with van der Waals surface area (Å²) in [6.07, 6.45) is 0. The molecule has 0 bridgehead atoms. The van der Waals surface area contributed by atoms with Crippen LogP contribution in [-0.2, 0) is 39.4 Å². The molecule has 0 aromatic heterocycles. The SMILES string of the molecule is O.O=[Si+2].[O-2].[O-2].[O-2].[OH-].[V]. The van der Waals surface area contributed by atoms with Crippen LogP contribution in [0.3, 0.4) is 0 Å². The molecular formula is H3O6SiV-5. The van der Waals surface area contributed by atoms with Crippen molar-refractivity contribution in [3.8, 4) is 0 Å². The second-order valence-electron chi connectivity index (χ2n) is 0. The molecule has 0 aromatic carbocycles. The van der Waals surface area contributed by atoms with Crippen LogP contribution in [0.15, 0.2) is 0 Å². The van der Waals surface area contributed by atoms with E-state index in [2.05, 4.69) is 0 Å². The zero-order valence-electron chi connectivity index (χ0n) is 3.53. The van der Waals surface area contributed by atoms with Crippen molar-refractivity contribution in [1.82, 2.24) is 0 Å². The fraction of sp³-hybridized carbons (Fsp3) is 0. The number of hydrogen-bond donors (Lipinski definition) is 0. The van der Waals surface area contributed by atoms with Crippen molar-refractivity contribution in [2.24, 2.45) is 0 Å². The van der Waals surface area contributed by atoms with Gasteiger partial charge in [0.25, 0.3) is 0 Å². The van der Waals surface area contributed by atoms with Crippen LogP contribution in [0.4, 0.5) is 0 Å². The second kappa shape index (κ2) is 1880. The molecule has 0 fully saturated rings. The topological polar surface area (TPSA) is 164 Å². The van der Waals surface area contributed by atoms with E-state index in [4.69, 9.17) is 4.46 Å². The van der Waals surface area contributed by atoms with Gasteiger partial charge in [0.2, 0.25) is 0 Å². The zero-order valence-corrected chi connectivity index (χ0v) is 5.92. The number of rotatable bonds is 0. The van der Waals surface area contributed by atoms with Gasteiger partial charge in [-0.2, -0.15) is 0 Å². The summed E-state index contributed by atoms with van der Waals surface area (Å²) in [6.45, 7) is 0. The monoisotopic (exact) mass is 178 g/mol. The van der Waals surface area contributed by atoms with Crippen molar-refractivity contribution < 1.29 is 50.4 Å². The average molecular weight is 178 g/mol. The van der Waals surface area contributed by atoms with Gasteiger partial charge in [-0.05, 0) is 0 Å². The maximum Gasteiger partial charge on any atom is 0 e. The minimum Gasteiger partial charge on any atom is -2.00 e. The van der Waals surface area contributed by atoms with E-state index in [1.165, 1.54) is 0 Å². The van der Waals surface area contributed by atoms with Gasteiger partial charge in [-0.3, -0.25) is 0 Å². The van der Waals surface area contributed by atoms with E-state index < -0.39 is 0 Å². The third-order valence-electron chi connectivity index (χ3n) is 0. The normalized spacial score (nSPS) is 0.750. The van der Waals surface area contributed by atoms with Crippen LogP contribution in [-0.4, -0.2) is 21.1 Å². The first-order chi connectivity index (χ1) is 1.00. The molecule has 0 aliphatic carbocycles. The average Bonchev–Trinajstić information content (AvgIpc) is 1.00. The van der Waals surface area contributed by atoms with E-state index in [1.807, 2.05) is 0 Å². The van der Waals surface area contributed by atoms with Gasteiger partial charge in [0.15, 0.2) is 0 Å². The Morgan fingerprint density at radius 2 is 0.875 bits per heavy atom. The van der Waals surface area contributed by atoms with Crippen molar-refractivity contribution in [3.63, 3.8) is 0 Å². The molecule has 3 N–H and O–H groups in total. The predicted octanol–water partition coefficient (Wildman–Crippen LogP) is -1.86. The quantitative estimate of drug-likeness (QED) is 0.397. The Kier molecular flexibility index (Phi) is 55200. The Balaban J connectivity index is -0.000000000333. The first-order valence-electron chi connectivity index (χ1n) is 0.204. The van der Waals surface area contributed by atoms with Crippen molar-refractivity contribution in [2.45, 2.75) is 0 Å². The minimum absolute atomic E-state index is 0. The zero-order chi connectivity index (χ0) is 2.00. The van der Waals surface area contributed by atoms with Gasteiger partial charge in [-0.1, -0.05) is 0 Å². The predicted molar refractivity (Wildman–Crippen MR) is 14.0 cm³/mol. The van der Waals surface area contributed by atoms with Crippen LogP contribution in [0.5, 0.6) is 0 Å². The molecule has 0 atom stereocenters. The van der Waals surface area contributed by atoms with E-state index in [0.29, 0.717) is 0 Å². The van der Waals surface area contributed by atoms with Crippen LogP contribution >= 0.6 is 0 Å². The Morgan fingerprint density at radius 1 is 0.875 bits per heavy atom.